The van der Waals surface area contributed by atoms with E-state index in [1.165, 1.54) is 16.7 Å². The highest BCUT2D eigenvalue weighted by molar-refractivity contribution is 5.86. The van der Waals surface area contributed by atoms with Crippen LogP contribution in [0, 0.1) is 13.8 Å². The van der Waals surface area contributed by atoms with Crippen molar-refractivity contribution in [2.75, 3.05) is 5.73 Å². The maximum atomic E-state index is 6.19. The second-order valence-electron chi connectivity index (χ2n) is 5.45. The standard InChI is InChI=1S/C18H23N3/c1-5-14-8-6-7-11(2)17(14)15-9-12(3)18(16(20)10-15)21-13(4)19/h6-10H,5,20H2,1-4H3,(H2,19,21). The normalized spacial score (nSPS) is 11.7. The molecule has 0 fully saturated rings. The minimum atomic E-state index is 0.516. The second-order valence-corrected chi connectivity index (χ2v) is 5.45. The molecule has 4 N–H and O–H groups in total. The number of benzene rings is 2. The summed E-state index contributed by atoms with van der Waals surface area (Å²) in [5, 5.41) is 0. The molecule has 0 saturated carbocycles. The third-order valence-electron chi connectivity index (χ3n) is 3.65. The quantitative estimate of drug-likeness (QED) is 0.505. The van der Waals surface area contributed by atoms with Gasteiger partial charge in [-0.15, -0.1) is 0 Å². The molecule has 0 aromatic heterocycles. The summed E-state index contributed by atoms with van der Waals surface area (Å²) in [4.78, 5) is 4.33. The fourth-order valence-corrected chi connectivity index (χ4v) is 2.72. The molecule has 0 aliphatic heterocycles. The number of nitrogens with zero attached hydrogens (tertiary/aromatic N) is 1. The van der Waals surface area contributed by atoms with Gasteiger partial charge in [-0.1, -0.05) is 25.1 Å². The van der Waals surface area contributed by atoms with Gasteiger partial charge in [-0.05, 0) is 67.1 Å². The second kappa shape index (κ2) is 6.00. The number of aliphatic imine (C=N–C) groups is 1. The lowest BCUT2D eigenvalue weighted by atomic mass is 9.92. The Morgan fingerprint density at radius 2 is 1.86 bits per heavy atom. The molecule has 0 amide bonds. The first-order valence-corrected chi connectivity index (χ1v) is 7.23. The number of rotatable bonds is 3. The molecule has 0 spiro atoms. The van der Waals surface area contributed by atoms with Crippen LogP contribution in [0.3, 0.4) is 0 Å². The molecule has 0 atom stereocenters. The summed E-state index contributed by atoms with van der Waals surface area (Å²) in [7, 11) is 0. The highest BCUT2D eigenvalue weighted by Crippen LogP contribution is 2.35. The van der Waals surface area contributed by atoms with Crippen molar-refractivity contribution in [3.8, 4) is 11.1 Å². The first-order valence-electron chi connectivity index (χ1n) is 7.23. The maximum absolute atomic E-state index is 6.19. The summed E-state index contributed by atoms with van der Waals surface area (Å²) in [5.41, 5.74) is 19.4. The van der Waals surface area contributed by atoms with Gasteiger partial charge in [0.15, 0.2) is 0 Å². The van der Waals surface area contributed by atoms with Crippen molar-refractivity contribution in [3.63, 3.8) is 0 Å². The smallest absolute Gasteiger partial charge is 0.0965 e. The van der Waals surface area contributed by atoms with Gasteiger partial charge >= 0.3 is 0 Å². The highest BCUT2D eigenvalue weighted by Gasteiger charge is 2.11. The summed E-state index contributed by atoms with van der Waals surface area (Å²) < 4.78 is 0. The van der Waals surface area contributed by atoms with E-state index in [1.807, 2.05) is 13.0 Å². The van der Waals surface area contributed by atoms with E-state index < -0.39 is 0 Å². The third-order valence-corrected chi connectivity index (χ3v) is 3.65. The predicted molar refractivity (Wildman–Crippen MR) is 92.1 cm³/mol. The van der Waals surface area contributed by atoms with Gasteiger partial charge in [0.25, 0.3) is 0 Å². The van der Waals surface area contributed by atoms with Crippen molar-refractivity contribution < 1.29 is 0 Å². The molecule has 2 aromatic rings. The van der Waals surface area contributed by atoms with Gasteiger partial charge in [-0.2, -0.15) is 0 Å². The molecule has 0 aliphatic rings. The highest BCUT2D eigenvalue weighted by atomic mass is 14.9. The number of hydrogen-bond acceptors (Lipinski definition) is 2. The monoisotopic (exact) mass is 281 g/mol. The van der Waals surface area contributed by atoms with Crippen LogP contribution >= 0.6 is 0 Å². The Morgan fingerprint density at radius 3 is 2.43 bits per heavy atom. The molecule has 0 unspecified atom stereocenters. The Morgan fingerprint density at radius 1 is 1.14 bits per heavy atom. The van der Waals surface area contributed by atoms with Crippen LogP contribution in [0.1, 0.15) is 30.5 Å². The van der Waals surface area contributed by atoms with E-state index in [1.54, 1.807) is 6.92 Å². The maximum Gasteiger partial charge on any atom is 0.0965 e. The van der Waals surface area contributed by atoms with Crippen LogP contribution < -0.4 is 11.5 Å². The van der Waals surface area contributed by atoms with E-state index in [2.05, 4.69) is 43.1 Å². The molecule has 0 aliphatic carbocycles. The average Bonchev–Trinajstić information content (AvgIpc) is 2.42. The van der Waals surface area contributed by atoms with E-state index >= 15 is 0 Å². The Kier molecular flexibility index (Phi) is 4.32. The fraction of sp³-hybridized carbons (Fsp3) is 0.278. The van der Waals surface area contributed by atoms with Crippen LogP contribution in [-0.4, -0.2) is 5.84 Å². The molecule has 2 rings (SSSR count). The first kappa shape index (κ1) is 15.1. The molecule has 0 saturated heterocycles. The number of nitrogens with two attached hydrogens (primary N) is 2. The van der Waals surface area contributed by atoms with Gasteiger partial charge in [0, 0.05) is 0 Å². The number of hydrogen-bond donors (Lipinski definition) is 2. The topological polar surface area (TPSA) is 64.4 Å². The van der Waals surface area contributed by atoms with E-state index in [4.69, 9.17) is 11.5 Å². The molecular weight excluding hydrogens is 258 g/mol. The lowest BCUT2D eigenvalue weighted by Gasteiger charge is -2.15. The van der Waals surface area contributed by atoms with Crippen LogP contribution in [0.2, 0.25) is 0 Å². The largest absolute Gasteiger partial charge is 0.397 e. The van der Waals surface area contributed by atoms with Gasteiger partial charge in [0.05, 0.1) is 17.2 Å². The summed E-state index contributed by atoms with van der Waals surface area (Å²) >= 11 is 0. The molecular formula is C18H23N3. The lowest BCUT2D eigenvalue weighted by molar-refractivity contribution is 1.13. The van der Waals surface area contributed by atoms with Crippen LogP contribution in [0.5, 0.6) is 0 Å². The summed E-state index contributed by atoms with van der Waals surface area (Å²) in [5.74, 6) is 0.516. The molecule has 3 heteroatoms. The van der Waals surface area contributed by atoms with Gasteiger partial charge < -0.3 is 11.5 Å². The first-order chi connectivity index (χ1) is 9.93. The number of nitrogen functional groups attached to an aromatic ring is 1. The molecule has 110 valence electrons. The van der Waals surface area contributed by atoms with Crippen molar-refractivity contribution in [1.82, 2.24) is 0 Å². The Hall–Kier alpha value is -2.29. The molecule has 0 bridgehead atoms. The molecule has 0 radical (unpaired) electrons. The summed E-state index contributed by atoms with van der Waals surface area (Å²) in [6.07, 6.45) is 0.998. The molecule has 2 aromatic carbocycles. The SMILES string of the molecule is CCc1cccc(C)c1-c1cc(C)c(N=C(C)N)c(N)c1. The minimum Gasteiger partial charge on any atom is -0.397 e. The Labute approximate surface area is 126 Å². The number of amidine groups is 1. The van der Waals surface area contributed by atoms with Crippen molar-refractivity contribution in [2.45, 2.75) is 34.1 Å². The molecule has 3 nitrogen and oxygen atoms in total. The lowest BCUT2D eigenvalue weighted by Crippen LogP contribution is -2.05. The number of anilines is 1. The zero-order valence-electron chi connectivity index (χ0n) is 13.2. The summed E-state index contributed by atoms with van der Waals surface area (Å²) in [6.45, 7) is 8.09. The van der Waals surface area contributed by atoms with Crippen LogP contribution in [0.4, 0.5) is 11.4 Å². The van der Waals surface area contributed by atoms with E-state index in [0.29, 0.717) is 11.5 Å². The zero-order valence-corrected chi connectivity index (χ0v) is 13.2. The molecule has 0 heterocycles. The Balaban J connectivity index is 2.65. The van der Waals surface area contributed by atoms with Gasteiger partial charge in [-0.25, -0.2) is 4.99 Å². The van der Waals surface area contributed by atoms with E-state index in [-0.39, 0.29) is 0 Å². The van der Waals surface area contributed by atoms with Crippen molar-refractivity contribution in [1.29, 1.82) is 0 Å². The van der Waals surface area contributed by atoms with Crippen LogP contribution in [-0.2, 0) is 6.42 Å². The molecule has 21 heavy (non-hydrogen) atoms. The summed E-state index contributed by atoms with van der Waals surface area (Å²) in [6, 6.07) is 10.5. The van der Waals surface area contributed by atoms with E-state index in [9.17, 15) is 0 Å². The van der Waals surface area contributed by atoms with Gasteiger partial charge in [-0.3, -0.25) is 0 Å². The van der Waals surface area contributed by atoms with Crippen LogP contribution in [0.15, 0.2) is 35.3 Å². The van der Waals surface area contributed by atoms with Gasteiger partial charge in [0.2, 0.25) is 0 Å². The van der Waals surface area contributed by atoms with Crippen LogP contribution in [0.25, 0.3) is 11.1 Å². The van der Waals surface area contributed by atoms with Crippen molar-refractivity contribution in [2.24, 2.45) is 10.7 Å². The fourth-order valence-electron chi connectivity index (χ4n) is 2.72. The minimum absolute atomic E-state index is 0.516. The third kappa shape index (κ3) is 3.07. The van der Waals surface area contributed by atoms with Crippen molar-refractivity contribution in [3.05, 3.63) is 47.0 Å². The zero-order chi connectivity index (χ0) is 15.6. The van der Waals surface area contributed by atoms with E-state index in [0.717, 1.165) is 23.2 Å². The van der Waals surface area contributed by atoms with Gasteiger partial charge in [0.1, 0.15) is 0 Å². The predicted octanol–water partition coefficient (Wildman–Crippen LogP) is 4.12. The van der Waals surface area contributed by atoms with Crippen molar-refractivity contribution >= 4 is 17.2 Å². The number of aryl methyl sites for hydroxylation is 3. The average molecular weight is 281 g/mol. The Bertz CT molecular complexity index is 673.